The number of hydrogen-bond acceptors (Lipinski definition) is 19. The Hall–Kier alpha value is -1.47. The van der Waals surface area contributed by atoms with E-state index in [0.717, 1.165) is 24.8 Å². The summed E-state index contributed by atoms with van der Waals surface area (Å²) in [5.74, 6) is -1.93. The van der Waals surface area contributed by atoms with E-state index in [-0.39, 0.29) is 35.5 Å². The molecule has 0 unspecified atom stereocenters. The van der Waals surface area contributed by atoms with Crippen LogP contribution in [0.4, 0.5) is 0 Å². The number of ether oxygens (including phenoxy) is 6. The highest BCUT2D eigenvalue weighted by Gasteiger charge is 2.69. The Labute approximate surface area is 379 Å². The van der Waals surface area contributed by atoms with E-state index in [4.69, 9.17) is 28.4 Å². The highest BCUT2D eigenvalue weighted by molar-refractivity contribution is 5.77. The minimum atomic E-state index is -1.70. The Morgan fingerprint density at radius 2 is 1.31 bits per heavy atom. The van der Waals surface area contributed by atoms with E-state index >= 15 is 0 Å². The highest BCUT2D eigenvalue weighted by atomic mass is 16.7. The van der Waals surface area contributed by atoms with Crippen molar-refractivity contribution in [3.8, 4) is 0 Å². The molecule has 19 nitrogen and oxygen atoms in total. The van der Waals surface area contributed by atoms with Gasteiger partial charge >= 0.3 is 5.97 Å². The summed E-state index contributed by atoms with van der Waals surface area (Å²) in [6, 6.07) is 0. The fraction of sp³-hybridized carbons (Fsp3) is 0.935. The fourth-order valence-corrected chi connectivity index (χ4v) is 14.3. The van der Waals surface area contributed by atoms with Gasteiger partial charge in [-0.2, -0.15) is 0 Å². The van der Waals surface area contributed by atoms with Crippen LogP contribution in [0, 0.1) is 39.9 Å². The molecule has 8 aliphatic rings. The normalized spacial score (nSPS) is 55.8. The third-order valence-electron chi connectivity index (χ3n) is 18.0. The Morgan fingerprint density at radius 1 is 0.677 bits per heavy atom. The van der Waals surface area contributed by atoms with Crippen molar-refractivity contribution in [1.82, 2.24) is 0 Å². The summed E-state index contributed by atoms with van der Waals surface area (Å²) in [5.41, 5.74) is -1.79. The summed E-state index contributed by atoms with van der Waals surface area (Å²) in [4.78, 5) is 14.3. The van der Waals surface area contributed by atoms with Crippen molar-refractivity contribution in [2.75, 3.05) is 13.2 Å². The lowest BCUT2D eigenvalue weighted by Gasteiger charge is -2.64. The molecule has 2 aliphatic heterocycles. The van der Waals surface area contributed by atoms with Crippen molar-refractivity contribution in [3.63, 3.8) is 0 Å². The first-order valence-electron chi connectivity index (χ1n) is 23.8. The van der Waals surface area contributed by atoms with Crippen molar-refractivity contribution in [2.24, 2.45) is 39.9 Å². The predicted octanol–water partition coefficient (Wildman–Crippen LogP) is -1.73. The van der Waals surface area contributed by atoms with Crippen LogP contribution < -0.4 is 0 Å². The maximum Gasteiger partial charge on any atom is 0.314 e. The lowest BCUT2D eigenvalue weighted by Crippen LogP contribution is -2.66. The first-order chi connectivity index (χ1) is 30.6. The number of rotatable bonds is 10. The molecular formula is C46H74O19. The summed E-state index contributed by atoms with van der Waals surface area (Å²) in [7, 11) is 0. The average Bonchev–Trinajstić information content (AvgIpc) is 3.47. The van der Waals surface area contributed by atoms with Crippen molar-refractivity contribution < 1.29 is 94.5 Å². The SMILES string of the molecule is C=C1C[C@@]23CC[C@H]4[C@@](C)(CCC[C@@]4(C)C(=O)O[C@@H]4O[C@H](C)[C@@H](O)[C@H](O)[C@H]4O)[C@@H]2CC[C@]1(O[C@@H]1O[C@H](CO)[C@@H](O)[C@H](O[C@@H]2C[C@H](CO)[C@@H](O)[C@H](O)[C@H]2O)[C@H]1O[C@@H]1C[C@H](C)[C@@H](O)[C@H](O)[C@H]1O)C3. The third kappa shape index (κ3) is 8.26. The highest BCUT2D eigenvalue weighted by Crippen LogP contribution is 2.74. The van der Waals surface area contributed by atoms with Crippen LogP contribution in [-0.4, -0.2) is 196 Å². The minimum Gasteiger partial charge on any atom is -0.432 e. The van der Waals surface area contributed by atoms with E-state index in [9.17, 15) is 66.1 Å². The number of fused-ring (bicyclic) bond motifs is 3. The van der Waals surface area contributed by atoms with Crippen LogP contribution in [0.25, 0.3) is 0 Å². The molecule has 2 bridgehead atoms. The van der Waals surface area contributed by atoms with Crippen LogP contribution in [0.3, 0.4) is 0 Å². The molecule has 65 heavy (non-hydrogen) atoms. The van der Waals surface area contributed by atoms with Gasteiger partial charge in [0.1, 0.15) is 67.1 Å². The fourth-order valence-electron chi connectivity index (χ4n) is 14.3. The maximum absolute atomic E-state index is 14.3. The number of carbonyl (C=O) groups excluding carboxylic acids is 1. The Balaban J connectivity index is 1.06. The van der Waals surface area contributed by atoms with Crippen LogP contribution in [0.5, 0.6) is 0 Å². The second-order valence-corrected chi connectivity index (χ2v) is 21.8. The van der Waals surface area contributed by atoms with Crippen molar-refractivity contribution in [2.45, 2.75) is 214 Å². The lowest BCUT2D eigenvalue weighted by atomic mass is 9.41. The molecule has 0 aromatic heterocycles. The van der Waals surface area contributed by atoms with E-state index in [2.05, 4.69) is 13.5 Å². The zero-order valence-corrected chi connectivity index (χ0v) is 37.8. The second-order valence-electron chi connectivity index (χ2n) is 21.8. The quantitative estimate of drug-likeness (QED) is 0.0658. The number of carbonyl (C=O) groups is 1. The summed E-state index contributed by atoms with van der Waals surface area (Å²) < 4.78 is 38.0. The number of aliphatic hydroxyl groups is 12. The molecule has 0 amide bonds. The molecule has 372 valence electrons. The van der Waals surface area contributed by atoms with Gasteiger partial charge < -0.3 is 89.7 Å². The summed E-state index contributed by atoms with van der Waals surface area (Å²) in [5, 5.41) is 129. The molecular weight excluding hydrogens is 856 g/mol. The standard InChI is InChI=1S/C46H74O19/c1-19-13-23(31(52)34(55)28(19)49)62-39-38(61-24-14-22(16-47)30(51)36(57)32(24)53)33(54)25(17-48)63-41(39)65-46-12-8-27-43(4)9-6-10-44(5,26(43)7-11-45(27,18-46)15-20(46)2)42(59)64-40-37(58)35(56)29(50)21(3)60-40/h19,21-41,47-58H,2,6-18H2,1,3-5H3/t19-,21+,22+,23+,24+,25+,26-,27-,28+,29+,30+,31-,32-,33+,34-,35-,36-,37+,38-,39+,40-,41-,43+,44+,45+,46-/m0/s1. The number of esters is 1. The van der Waals surface area contributed by atoms with Gasteiger partial charge in [0.25, 0.3) is 0 Å². The van der Waals surface area contributed by atoms with Crippen LogP contribution in [0.2, 0.25) is 0 Å². The molecule has 6 aliphatic carbocycles. The van der Waals surface area contributed by atoms with E-state index in [1.165, 1.54) is 6.92 Å². The van der Waals surface area contributed by atoms with Crippen molar-refractivity contribution >= 4 is 5.97 Å². The molecule has 0 radical (unpaired) electrons. The first-order valence-corrected chi connectivity index (χ1v) is 23.8. The van der Waals surface area contributed by atoms with Crippen molar-refractivity contribution in [3.05, 3.63) is 12.2 Å². The van der Waals surface area contributed by atoms with Gasteiger partial charge in [0.05, 0.1) is 48.1 Å². The zero-order valence-electron chi connectivity index (χ0n) is 37.8. The van der Waals surface area contributed by atoms with Crippen LogP contribution in [-0.2, 0) is 33.2 Å². The van der Waals surface area contributed by atoms with Gasteiger partial charge in [-0.3, -0.25) is 4.79 Å². The topological polar surface area (TPSA) is 315 Å². The monoisotopic (exact) mass is 930 g/mol. The van der Waals surface area contributed by atoms with E-state index in [1.807, 2.05) is 6.92 Å². The van der Waals surface area contributed by atoms with Gasteiger partial charge in [0, 0.05) is 12.5 Å². The molecule has 12 N–H and O–H groups in total. The lowest BCUT2D eigenvalue weighted by molar-refractivity contribution is -0.358. The van der Waals surface area contributed by atoms with Crippen molar-refractivity contribution in [1.29, 1.82) is 0 Å². The Morgan fingerprint density at radius 3 is 1.98 bits per heavy atom. The van der Waals surface area contributed by atoms with E-state index < -0.39 is 152 Å². The first kappa shape index (κ1) is 49.9. The Bertz CT molecular complexity index is 1720. The molecule has 8 rings (SSSR count). The maximum atomic E-state index is 14.3. The van der Waals surface area contributed by atoms with E-state index in [0.29, 0.717) is 38.5 Å². The molecule has 19 heteroatoms. The molecule has 2 heterocycles. The van der Waals surface area contributed by atoms with E-state index in [1.54, 1.807) is 6.92 Å². The molecule has 26 atom stereocenters. The third-order valence-corrected chi connectivity index (χ3v) is 18.0. The van der Waals surface area contributed by atoms with Gasteiger partial charge in [-0.1, -0.05) is 26.8 Å². The second kappa shape index (κ2) is 18.4. The molecule has 2 saturated heterocycles. The summed E-state index contributed by atoms with van der Waals surface area (Å²) in [6.07, 6.45) is -19.9. The predicted molar refractivity (Wildman–Crippen MR) is 223 cm³/mol. The molecule has 1 spiro atoms. The molecule has 8 fully saturated rings. The minimum absolute atomic E-state index is 0.0751. The zero-order chi connectivity index (χ0) is 47.3. The largest absolute Gasteiger partial charge is 0.432 e. The number of hydrogen-bond donors (Lipinski definition) is 12. The van der Waals surface area contributed by atoms with Gasteiger partial charge in [-0.05, 0) is 112 Å². The number of aliphatic hydroxyl groups excluding tert-OH is 12. The van der Waals surface area contributed by atoms with Gasteiger partial charge in [-0.25, -0.2) is 0 Å². The molecule has 6 saturated carbocycles. The van der Waals surface area contributed by atoms with Crippen LogP contribution >= 0.6 is 0 Å². The molecule has 0 aromatic carbocycles. The van der Waals surface area contributed by atoms with Gasteiger partial charge in [0.15, 0.2) is 6.29 Å². The molecule has 0 aromatic rings. The smallest absolute Gasteiger partial charge is 0.314 e. The summed E-state index contributed by atoms with van der Waals surface area (Å²) in [6.45, 7) is 10.7. The average molecular weight is 931 g/mol. The van der Waals surface area contributed by atoms with Gasteiger partial charge in [-0.15, -0.1) is 0 Å². The Kier molecular flexibility index (Phi) is 14.1. The van der Waals surface area contributed by atoms with Crippen LogP contribution in [0.1, 0.15) is 98.3 Å². The van der Waals surface area contributed by atoms with Crippen LogP contribution in [0.15, 0.2) is 12.2 Å². The van der Waals surface area contributed by atoms with Gasteiger partial charge in [0.2, 0.25) is 6.29 Å². The summed E-state index contributed by atoms with van der Waals surface area (Å²) >= 11 is 0.